The molecule has 0 aliphatic carbocycles. The zero-order valence-electron chi connectivity index (χ0n) is 13.0. The molecule has 120 valence electrons. The largest absolute Gasteiger partial charge is 0.355 e. The molecular weight excluding hydrogens is 383 g/mol. The van der Waals surface area contributed by atoms with Crippen molar-refractivity contribution in [1.82, 2.24) is 25.7 Å². The van der Waals surface area contributed by atoms with Crippen LogP contribution in [0.4, 0.5) is 0 Å². The quantitative estimate of drug-likeness (QED) is 0.378. The Hall–Kier alpha value is -1.32. The van der Waals surface area contributed by atoms with Gasteiger partial charge >= 0.3 is 0 Å². The second kappa shape index (κ2) is 9.59. The number of hydrogen-bond donors (Lipinski definition) is 3. The molecule has 0 fully saturated rings. The number of nitrogens with one attached hydrogen (secondary N) is 3. The van der Waals surface area contributed by atoms with Gasteiger partial charge in [0, 0.05) is 31.5 Å². The summed E-state index contributed by atoms with van der Waals surface area (Å²) < 4.78 is 1.83. The smallest absolute Gasteiger partial charge is 0.239 e. The lowest BCUT2D eigenvalue weighted by atomic mass is 10.1. The van der Waals surface area contributed by atoms with Gasteiger partial charge in [-0.1, -0.05) is 0 Å². The van der Waals surface area contributed by atoms with E-state index in [0.717, 1.165) is 6.54 Å². The average molecular weight is 408 g/mol. The molecule has 21 heavy (non-hydrogen) atoms. The molecule has 0 aliphatic heterocycles. The Bertz CT molecular complexity index is 438. The number of carbonyl (C=O) groups excluding carboxylic acids is 1. The number of aromatic nitrogens is 2. The molecule has 0 saturated heterocycles. The van der Waals surface area contributed by atoms with Gasteiger partial charge in [0.05, 0.1) is 13.1 Å². The fourth-order valence-electron chi connectivity index (χ4n) is 1.57. The van der Waals surface area contributed by atoms with Gasteiger partial charge in [-0.2, -0.15) is 5.10 Å². The van der Waals surface area contributed by atoms with Gasteiger partial charge in [0.15, 0.2) is 5.96 Å². The van der Waals surface area contributed by atoms with Crippen LogP contribution in [0.1, 0.15) is 20.8 Å². The van der Waals surface area contributed by atoms with E-state index in [-0.39, 0.29) is 42.0 Å². The van der Waals surface area contributed by atoms with Gasteiger partial charge in [-0.3, -0.25) is 14.5 Å². The van der Waals surface area contributed by atoms with Crippen LogP contribution in [-0.4, -0.2) is 47.3 Å². The van der Waals surface area contributed by atoms with Gasteiger partial charge < -0.3 is 16.0 Å². The first-order valence-electron chi connectivity index (χ1n) is 6.63. The van der Waals surface area contributed by atoms with Crippen molar-refractivity contribution in [3.63, 3.8) is 0 Å². The number of halogens is 1. The number of hydrogen-bond acceptors (Lipinski definition) is 3. The third-order valence-corrected chi connectivity index (χ3v) is 2.35. The first-order chi connectivity index (χ1) is 9.40. The molecule has 0 aliphatic rings. The Morgan fingerprint density at radius 2 is 2.05 bits per heavy atom. The van der Waals surface area contributed by atoms with Crippen molar-refractivity contribution >= 4 is 35.8 Å². The van der Waals surface area contributed by atoms with Crippen molar-refractivity contribution in [1.29, 1.82) is 0 Å². The summed E-state index contributed by atoms with van der Waals surface area (Å²) >= 11 is 0. The van der Waals surface area contributed by atoms with E-state index in [4.69, 9.17) is 0 Å². The Morgan fingerprint density at radius 3 is 2.57 bits per heavy atom. The number of rotatable bonds is 5. The summed E-state index contributed by atoms with van der Waals surface area (Å²) in [6.07, 6.45) is 3.64. The SMILES string of the molecule is CN=C(NCCn1cccn1)NCC(=O)NC(C)(C)C.I. The average Bonchev–Trinajstić information content (AvgIpc) is 2.84. The predicted octanol–water partition coefficient (Wildman–Crippen LogP) is 0.581. The maximum absolute atomic E-state index is 11.7. The van der Waals surface area contributed by atoms with E-state index in [1.54, 1.807) is 13.2 Å². The summed E-state index contributed by atoms with van der Waals surface area (Å²) in [5.41, 5.74) is -0.226. The lowest BCUT2D eigenvalue weighted by Crippen LogP contribution is -2.48. The van der Waals surface area contributed by atoms with Gasteiger partial charge in [-0.25, -0.2) is 0 Å². The van der Waals surface area contributed by atoms with Crippen molar-refractivity contribution in [2.75, 3.05) is 20.1 Å². The number of guanidine groups is 1. The highest BCUT2D eigenvalue weighted by molar-refractivity contribution is 14.0. The molecule has 0 atom stereocenters. The monoisotopic (exact) mass is 408 g/mol. The highest BCUT2D eigenvalue weighted by atomic mass is 127. The van der Waals surface area contributed by atoms with E-state index in [1.807, 2.05) is 37.7 Å². The highest BCUT2D eigenvalue weighted by Crippen LogP contribution is 1.96. The van der Waals surface area contributed by atoms with Crippen LogP contribution in [0.2, 0.25) is 0 Å². The normalized spacial score (nSPS) is 11.5. The van der Waals surface area contributed by atoms with Crippen molar-refractivity contribution < 1.29 is 4.79 Å². The summed E-state index contributed by atoms with van der Waals surface area (Å²) in [7, 11) is 1.67. The Kier molecular flexibility index (Phi) is 8.98. The second-order valence-electron chi connectivity index (χ2n) is 5.42. The van der Waals surface area contributed by atoms with E-state index < -0.39 is 0 Å². The van der Waals surface area contributed by atoms with E-state index in [2.05, 4.69) is 26.0 Å². The molecule has 0 spiro atoms. The van der Waals surface area contributed by atoms with Crippen molar-refractivity contribution in [2.45, 2.75) is 32.9 Å². The van der Waals surface area contributed by atoms with Crippen LogP contribution in [-0.2, 0) is 11.3 Å². The predicted molar refractivity (Wildman–Crippen MR) is 94.9 cm³/mol. The molecular formula is C13H25IN6O. The van der Waals surface area contributed by atoms with Crippen molar-refractivity contribution in [3.8, 4) is 0 Å². The van der Waals surface area contributed by atoms with Gasteiger partial charge in [0.1, 0.15) is 0 Å². The number of carbonyl (C=O) groups is 1. The number of nitrogens with zero attached hydrogens (tertiary/aromatic N) is 3. The molecule has 1 aromatic heterocycles. The Balaban J connectivity index is 0.00000400. The molecule has 8 heteroatoms. The minimum absolute atomic E-state index is 0. The zero-order valence-corrected chi connectivity index (χ0v) is 15.3. The molecule has 1 heterocycles. The van der Waals surface area contributed by atoms with E-state index in [9.17, 15) is 4.79 Å². The minimum atomic E-state index is -0.226. The maximum Gasteiger partial charge on any atom is 0.239 e. The van der Waals surface area contributed by atoms with Crippen LogP contribution >= 0.6 is 24.0 Å². The van der Waals surface area contributed by atoms with Gasteiger partial charge in [0.25, 0.3) is 0 Å². The van der Waals surface area contributed by atoms with Crippen molar-refractivity contribution in [3.05, 3.63) is 18.5 Å². The minimum Gasteiger partial charge on any atom is -0.355 e. The Morgan fingerprint density at radius 1 is 1.33 bits per heavy atom. The number of amides is 1. The fraction of sp³-hybridized carbons (Fsp3) is 0.615. The van der Waals surface area contributed by atoms with Crippen LogP contribution in [0.5, 0.6) is 0 Å². The molecule has 0 saturated carbocycles. The lowest BCUT2D eigenvalue weighted by Gasteiger charge is -2.21. The third kappa shape index (κ3) is 9.27. The molecule has 0 aromatic carbocycles. The van der Waals surface area contributed by atoms with Crippen LogP contribution < -0.4 is 16.0 Å². The first kappa shape index (κ1) is 19.7. The topological polar surface area (TPSA) is 83.3 Å². The maximum atomic E-state index is 11.7. The first-order valence-corrected chi connectivity index (χ1v) is 6.63. The summed E-state index contributed by atoms with van der Waals surface area (Å²) in [5, 5.41) is 13.1. The molecule has 0 unspecified atom stereocenters. The molecule has 1 rings (SSSR count). The molecule has 1 aromatic rings. The Labute approximate surface area is 143 Å². The van der Waals surface area contributed by atoms with Crippen molar-refractivity contribution in [2.24, 2.45) is 4.99 Å². The molecule has 0 radical (unpaired) electrons. The third-order valence-electron chi connectivity index (χ3n) is 2.35. The van der Waals surface area contributed by atoms with E-state index >= 15 is 0 Å². The fourth-order valence-corrected chi connectivity index (χ4v) is 1.57. The van der Waals surface area contributed by atoms with E-state index in [1.165, 1.54) is 0 Å². The van der Waals surface area contributed by atoms with Crippen LogP contribution in [0.3, 0.4) is 0 Å². The second-order valence-corrected chi connectivity index (χ2v) is 5.42. The molecule has 0 bridgehead atoms. The lowest BCUT2D eigenvalue weighted by molar-refractivity contribution is -0.121. The molecule has 3 N–H and O–H groups in total. The van der Waals surface area contributed by atoms with Gasteiger partial charge in [-0.15, -0.1) is 24.0 Å². The summed E-state index contributed by atoms with van der Waals surface area (Å²) in [6.45, 7) is 7.45. The molecule has 1 amide bonds. The highest BCUT2D eigenvalue weighted by Gasteiger charge is 2.13. The van der Waals surface area contributed by atoms with Gasteiger partial charge in [-0.05, 0) is 26.8 Å². The van der Waals surface area contributed by atoms with Gasteiger partial charge in [0.2, 0.25) is 5.91 Å². The number of aliphatic imine (C=N–C) groups is 1. The van der Waals surface area contributed by atoms with Crippen LogP contribution in [0, 0.1) is 0 Å². The zero-order chi connectivity index (χ0) is 15.0. The molecule has 7 nitrogen and oxygen atoms in total. The van der Waals surface area contributed by atoms with E-state index in [0.29, 0.717) is 12.5 Å². The van der Waals surface area contributed by atoms with Crippen LogP contribution in [0.15, 0.2) is 23.5 Å². The summed E-state index contributed by atoms with van der Waals surface area (Å²) in [4.78, 5) is 15.7. The summed E-state index contributed by atoms with van der Waals surface area (Å²) in [6, 6.07) is 1.88. The van der Waals surface area contributed by atoms with Crippen LogP contribution in [0.25, 0.3) is 0 Å². The summed E-state index contributed by atoms with van der Waals surface area (Å²) in [5.74, 6) is 0.536. The standard InChI is InChI=1S/C13H24N6O.HI/c1-13(2,3)18-11(20)10-16-12(14-4)15-7-9-19-8-5-6-17-19;/h5-6,8H,7,9-10H2,1-4H3,(H,18,20)(H2,14,15,16);1H.